The lowest BCUT2D eigenvalue weighted by Crippen LogP contribution is -2.54. The van der Waals surface area contributed by atoms with Crippen LogP contribution in [-0.2, 0) is 22.8 Å². The zero-order chi connectivity index (χ0) is 28.1. The Balaban J connectivity index is 1.25. The molecule has 1 aliphatic heterocycles. The van der Waals surface area contributed by atoms with Gasteiger partial charge in [-0.15, -0.1) is 0 Å². The van der Waals surface area contributed by atoms with Crippen molar-refractivity contribution in [3.8, 4) is 11.5 Å². The van der Waals surface area contributed by atoms with Crippen molar-refractivity contribution < 1.29 is 23.9 Å². The molecule has 0 spiro atoms. The monoisotopic (exact) mass is 616 g/mol. The molecule has 5 rings (SSSR count). The summed E-state index contributed by atoms with van der Waals surface area (Å²) in [5, 5.41) is 2.88. The third kappa shape index (κ3) is 6.59. The van der Waals surface area contributed by atoms with E-state index in [1.807, 2.05) is 36.4 Å². The van der Waals surface area contributed by atoms with E-state index >= 15 is 0 Å². The first-order valence-electron chi connectivity index (χ1n) is 12.2. The molecule has 1 saturated heterocycles. The summed E-state index contributed by atoms with van der Waals surface area (Å²) < 4.78 is 12.6. The summed E-state index contributed by atoms with van der Waals surface area (Å²) in [6.45, 7) is 0.728. The van der Waals surface area contributed by atoms with Crippen LogP contribution in [0.15, 0.2) is 107 Å². The van der Waals surface area contributed by atoms with Crippen molar-refractivity contribution in [3.63, 3.8) is 0 Å². The number of amides is 4. The summed E-state index contributed by atoms with van der Waals surface area (Å²) in [5.41, 5.74) is 2.71. The van der Waals surface area contributed by atoms with Gasteiger partial charge in [-0.2, -0.15) is 0 Å². The predicted molar refractivity (Wildman–Crippen MR) is 156 cm³/mol. The molecule has 7 nitrogen and oxygen atoms in total. The Bertz CT molecular complexity index is 1570. The zero-order valence-corrected chi connectivity index (χ0v) is 23.3. The van der Waals surface area contributed by atoms with Crippen LogP contribution in [0.3, 0.4) is 0 Å². The third-order valence-corrected chi connectivity index (χ3v) is 6.81. The molecule has 1 heterocycles. The van der Waals surface area contributed by atoms with Crippen molar-refractivity contribution in [2.75, 3.05) is 4.90 Å². The van der Waals surface area contributed by atoms with Gasteiger partial charge in [0, 0.05) is 9.50 Å². The molecule has 0 radical (unpaired) electrons. The van der Waals surface area contributed by atoms with Gasteiger partial charge < -0.3 is 9.47 Å². The first kappa shape index (κ1) is 27.2. The van der Waals surface area contributed by atoms with Crippen LogP contribution in [0.1, 0.15) is 16.7 Å². The lowest BCUT2D eigenvalue weighted by Gasteiger charge is -2.26. The minimum Gasteiger partial charge on any atom is -0.489 e. The number of rotatable bonds is 8. The van der Waals surface area contributed by atoms with E-state index in [9.17, 15) is 14.4 Å². The van der Waals surface area contributed by atoms with E-state index in [2.05, 4.69) is 21.2 Å². The van der Waals surface area contributed by atoms with Crippen LogP contribution in [0, 0.1) is 0 Å². The van der Waals surface area contributed by atoms with Gasteiger partial charge in [0.05, 0.1) is 5.69 Å². The Labute approximate surface area is 244 Å². The Morgan fingerprint density at radius 1 is 0.725 bits per heavy atom. The van der Waals surface area contributed by atoms with Crippen molar-refractivity contribution >= 4 is 57.1 Å². The van der Waals surface area contributed by atoms with Crippen molar-refractivity contribution in [3.05, 3.63) is 129 Å². The fraction of sp³-hybridized carbons (Fsp3) is 0.0645. The second kappa shape index (κ2) is 12.2. The van der Waals surface area contributed by atoms with Crippen LogP contribution in [0.5, 0.6) is 11.5 Å². The van der Waals surface area contributed by atoms with Gasteiger partial charge in [-0.05, 0) is 83.4 Å². The lowest BCUT2D eigenvalue weighted by atomic mass is 10.1. The quantitative estimate of drug-likeness (QED) is 0.171. The highest BCUT2D eigenvalue weighted by Gasteiger charge is 2.36. The Morgan fingerprint density at radius 2 is 1.25 bits per heavy atom. The average Bonchev–Trinajstić information content (AvgIpc) is 2.96. The Kier molecular flexibility index (Phi) is 8.28. The van der Waals surface area contributed by atoms with Gasteiger partial charge in [0.15, 0.2) is 0 Å². The number of carbonyl (C=O) groups is 3. The fourth-order valence-electron chi connectivity index (χ4n) is 3.90. The minimum absolute atomic E-state index is 0.161. The van der Waals surface area contributed by atoms with Gasteiger partial charge in [-0.1, -0.05) is 63.9 Å². The van der Waals surface area contributed by atoms with Gasteiger partial charge >= 0.3 is 6.03 Å². The summed E-state index contributed by atoms with van der Waals surface area (Å²) in [6.07, 6.45) is 1.44. The number of benzene rings is 4. The number of carbonyl (C=O) groups excluding carboxylic acids is 3. The molecule has 1 aliphatic rings. The van der Waals surface area contributed by atoms with Gasteiger partial charge in [0.2, 0.25) is 0 Å². The Morgan fingerprint density at radius 3 is 1.82 bits per heavy atom. The zero-order valence-electron chi connectivity index (χ0n) is 21.0. The highest BCUT2D eigenvalue weighted by molar-refractivity contribution is 9.10. The second-order valence-corrected chi connectivity index (χ2v) is 10.2. The van der Waals surface area contributed by atoms with E-state index in [-0.39, 0.29) is 5.57 Å². The normalized spacial score (nSPS) is 14.3. The first-order valence-corrected chi connectivity index (χ1v) is 13.4. The molecule has 200 valence electrons. The van der Waals surface area contributed by atoms with Crippen molar-refractivity contribution in [2.45, 2.75) is 13.2 Å². The number of nitrogens with zero attached hydrogens (tertiary/aromatic N) is 1. The van der Waals surface area contributed by atoms with Crippen molar-refractivity contribution in [1.82, 2.24) is 5.32 Å². The van der Waals surface area contributed by atoms with Crippen LogP contribution >= 0.6 is 27.5 Å². The molecule has 4 aromatic rings. The molecule has 9 heteroatoms. The molecular formula is C31H22BrClN2O5. The van der Waals surface area contributed by atoms with Crippen LogP contribution in [0.2, 0.25) is 5.02 Å². The number of nitrogens with one attached hydrogen (secondary N) is 1. The average molecular weight is 618 g/mol. The van der Waals surface area contributed by atoms with E-state index in [1.165, 1.54) is 6.08 Å². The number of ether oxygens (including phenoxy) is 2. The van der Waals surface area contributed by atoms with Crippen LogP contribution in [-0.4, -0.2) is 17.8 Å². The van der Waals surface area contributed by atoms with Crippen LogP contribution < -0.4 is 19.7 Å². The topological polar surface area (TPSA) is 84.9 Å². The highest BCUT2D eigenvalue weighted by Crippen LogP contribution is 2.25. The molecule has 0 bridgehead atoms. The summed E-state index contributed by atoms with van der Waals surface area (Å²) in [5.74, 6) is -0.290. The molecule has 0 atom stereocenters. The molecule has 0 saturated carbocycles. The number of hydrogen-bond donors (Lipinski definition) is 1. The largest absolute Gasteiger partial charge is 0.489 e. The van der Waals surface area contributed by atoms with Gasteiger partial charge in [0.25, 0.3) is 11.8 Å². The molecule has 4 amide bonds. The number of hydrogen-bond acceptors (Lipinski definition) is 5. The molecule has 0 aliphatic carbocycles. The molecule has 0 aromatic heterocycles. The van der Waals surface area contributed by atoms with Crippen LogP contribution in [0.4, 0.5) is 10.5 Å². The number of halogens is 2. The number of barbiturate groups is 1. The lowest BCUT2D eigenvalue weighted by molar-refractivity contribution is -0.122. The van der Waals surface area contributed by atoms with E-state index < -0.39 is 17.8 Å². The van der Waals surface area contributed by atoms with E-state index in [0.29, 0.717) is 41.0 Å². The maximum absolute atomic E-state index is 13.2. The smallest absolute Gasteiger partial charge is 0.335 e. The summed E-state index contributed by atoms with van der Waals surface area (Å²) in [7, 11) is 0. The van der Waals surface area contributed by atoms with Crippen LogP contribution in [0.25, 0.3) is 6.08 Å². The SMILES string of the molecule is O=C1NC(=O)N(c2ccc(OCc3ccc(Cl)cc3)cc2)C(=O)/C1=C/c1ccc(OCc2ccc(Br)cc2)cc1. The molecular weight excluding hydrogens is 596 g/mol. The van der Waals surface area contributed by atoms with E-state index in [1.54, 1.807) is 60.7 Å². The minimum atomic E-state index is -0.821. The number of imide groups is 2. The Hall–Kier alpha value is -4.40. The van der Waals surface area contributed by atoms with Gasteiger partial charge in [-0.25, -0.2) is 9.69 Å². The maximum atomic E-state index is 13.2. The van der Waals surface area contributed by atoms with E-state index in [0.717, 1.165) is 20.5 Å². The molecule has 0 unspecified atom stereocenters. The third-order valence-electron chi connectivity index (χ3n) is 6.03. The standard InChI is InChI=1S/C31H22BrClN2O5/c32-23-7-1-21(2-8-23)18-39-26-13-5-20(6-14-26)17-28-29(36)34-31(38)35(30(28)37)25-11-15-27(16-12-25)40-19-22-3-9-24(33)10-4-22/h1-17H,18-19H2,(H,34,36,38)/b28-17+. The predicted octanol–water partition coefficient (Wildman–Crippen LogP) is 6.93. The number of anilines is 1. The molecule has 4 aromatic carbocycles. The molecule has 1 N–H and O–H groups in total. The molecule has 40 heavy (non-hydrogen) atoms. The summed E-state index contributed by atoms with van der Waals surface area (Å²) in [4.78, 5) is 39.3. The van der Waals surface area contributed by atoms with Crippen molar-refractivity contribution in [1.29, 1.82) is 0 Å². The second-order valence-electron chi connectivity index (χ2n) is 8.85. The summed E-state index contributed by atoms with van der Waals surface area (Å²) in [6, 6.07) is 27.7. The van der Waals surface area contributed by atoms with E-state index in [4.69, 9.17) is 21.1 Å². The maximum Gasteiger partial charge on any atom is 0.335 e. The summed E-state index contributed by atoms with van der Waals surface area (Å²) >= 11 is 9.32. The first-order chi connectivity index (χ1) is 19.4. The highest BCUT2D eigenvalue weighted by atomic mass is 79.9. The van der Waals surface area contributed by atoms with Gasteiger partial charge in [0.1, 0.15) is 30.3 Å². The fourth-order valence-corrected chi connectivity index (χ4v) is 4.30. The van der Waals surface area contributed by atoms with Crippen molar-refractivity contribution in [2.24, 2.45) is 0 Å². The number of urea groups is 1. The van der Waals surface area contributed by atoms with Gasteiger partial charge in [-0.3, -0.25) is 14.9 Å². The molecule has 1 fully saturated rings.